The Kier molecular flexibility index (Phi) is 5.13. The third-order valence-electron chi connectivity index (χ3n) is 4.77. The van der Waals surface area contributed by atoms with Crippen molar-refractivity contribution < 1.29 is 19.1 Å². The number of hydrogen-bond donors (Lipinski definition) is 4. The molecular formula is C18H24N4O4. The van der Waals surface area contributed by atoms with Crippen LogP contribution in [0.3, 0.4) is 0 Å². The van der Waals surface area contributed by atoms with Crippen LogP contribution in [0.2, 0.25) is 0 Å². The van der Waals surface area contributed by atoms with Gasteiger partial charge in [-0.05, 0) is 37.0 Å². The molecule has 0 bridgehead atoms. The van der Waals surface area contributed by atoms with Gasteiger partial charge in [0, 0.05) is 25.6 Å². The zero-order valence-electron chi connectivity index (χ0n) is 14.8. The van der Waals surface area contributed by atoms with Crippen molar-refractivity contribution in [2.45, 2.75) is 24.8 Å². The first-order chi connectivity index (χ1) is 12.4. The minimum absolute atomic E-state index is 0.0450. The molecule has 2 amide bonds. The van der Waals surface area contributed by atoms with Gasteiger partial charge in [-0.15, -0.1) is 0 Å². The molecule has 3 rings (SSSR count). The molecule has 140 valence electrons. The Hall–Kier alpha value is -2.61. The summed E-state index contributed by atoms with van der Waals surface area (Å²) in [4.78, 5) is 24.6. The summed E-state index contributed by atoms with van der Waals surface area (Å²) >= 11 is 0. The number of hydrogen-bond acceptors (Lipinski definition) is 6. The Morgan fingerprint density at radius 3 is 2.77 bits per heavy atom. The molecule has 1 heterocycles. The molecule has 3 aliphatic rings. The highest BCUT2D eigenvalue weighted by atomic mass is 16.5. The summed E-state index contributed by atoms with van der Waals surface area (Å²) in [6, 6.07) is 0. The van der Waals surface area contributed by atoms with E-state index in [0.29, 0.717) is 36.9 Å². The van der Waals surface area contributed by atoms with Gasteiger partial charge in [-0.1, -0.05) is 0 Å². The number of ether oxygens (including phenoxy) is 2. The second-order valence-electron chi connectivity index (χ2n) is 6.79. The van der Waals surface area contributed by atoms with E-state index in [-0.39, 0.29) is 18.0 Å². The number of carbonyl (C=O) groups is 2. The van der Waals surface area contributed by atoms with Crippen molar-refractivity contribution in [1.82, 2.24) is 10.6 Å². The monoisotopic (exact) mass is 360 g/mol. The predicted octanol–water partition coefficient (Wildman–Crippen LogP) is 0.121. The molecule has 1 saturated heterocycles. The fraction of sp³-hybridized carbons (Fsp3) is 0.500. The van der Waals surface area contributed by atoms with Gasteiger partial charge in [0.05, 0.1) is 18.9 Å². The summed E-state index contributed by atoms with van der Waals surface area (Å²) in [5, 5.41) is 13.6. The minimum Gasteiger partial charge on any atom is -0.493 e. The summed E-state index contributed by atoms with van der Waals surface area (Å²) < 4.78 is 11.0. The third-order valence-corrected chi connectivity index (χ3v) is 4.77. The van der Waals surface area contributed by atoms with Crippen molar-refractivity contribution in [1.29, 1.82) is 5.41 Å². The molecule has 8 heteroatoms. The topological polar surface area (TPSA) is 127 Å². The summed E-state index contributed by atoms with van der Waals surface area (Å²) in [6.07, 6.45) is 7.65. The van der Waals surface area contributed by atoms with Crippen LogP contribution in [0.4, 0.5) is 0 Å². The highest BCUT2D eigenvalue weighted by Gasteiger charge is 2.43. The normalized spacial score (nSPS) is 27.0. The molecule has 2 fully saturated rings. The molecule has 1 aliphatic heterocycles. The van der Waals surface area contributed by atoms with Gasteiger partial charge >= 0.3 is 0 Å². The summed E-state index contributed by atoms with van der Waals surface area (Å²) in [6.45, 7) is 1.04. The first-order valence-corrected chi connectivity index (χ1v) is 8.69. The Morgan fingerprint density at radius 2 is 2.19 bits per heavy atom. The quantitative estimate of drug-likeness (QED) is 0.480. The fourth-order valence-electron chi connectivity index (χ4n) is 2.89. The van der Waals surface area contributed by atoms with E-state index in [4.69, 9.17) is 20.6 Å². The lowest BCUT2D eigenvalue weighted by Crippen LogP contribution is -2.59. The van der Waals surface area contributed by atoms with E-state index in [9.17, 15) is 9.59 Å². The van der Waals surface area contributed by atoms with Crippen LogP contribution < -0.4 is 16.4 Å². The Labute approximate surface area is 152 Å². The molecule has 0 aromatic heterocycles. The molecule has 0 aromatic carbocycles. The molecule has 26 heavy (non-hydrogen) atoms. The highest BCUT2D eigenvalue weighted by molar-refractivity contribution is 6.15. The molecule has 0 aromatic rings. The minimum atomic E-state index is -1.22. The first-order valence-electron chi connectivity index (χ1n) is 8.69. The molecule has 1 unspecified atom stereocenters. The Morgan fingerprint density at radius 1 is 1.42 bits per heavy atom. The molecule has 0 spiro atoms. The summed E-state index contributed by atoms with van der Waals surface area (Å²) in [5.74, 6) is 0.0660. The number of nitrogens with two attached hydrogens (primary N) is 1. The van der Waals surface area contributed by atoms with E-state index >= 15 is 0 Å². The average molecular weight is 360 g/mol. The van der Waals surface area contributed by atoms with Crippen LogP contribution in [0.15, 0.2) is 35.3 Å². The standard InChI is InChI=1S/C18H24N4O4/c1-21-15(16(23)22-18(17(20)24)6-7-25-10-18)13-8-12(4-5-14(13)19)26-9-11-2-3-11/h4-5,8,11,19,21H,2-3,6-7,9-10H2,1H3,(H2,20,24)(H,22,23)/b15-13-,19-14?. The van der Waals surface area contributed by atoms with Gasteiger partial charge in [0.2, 0.25) is 5.91 Å². The second kappa shape index (κ2) is 7.33. The number of carbonyl (C=O) groups excluding carboxylic acids is 2. The van der Waals surface area contributed by atoms with Gasteiger partial charge in [-0.3, -0.25) is 9.59 Å². The van der Waals surface area contributed by atoms with Crippen molar-refractivity contribution in [2.24, 2.45) is 11.7 Å². The molecule has 1 atom stereocenters. The largest absolute Gasteiger partial charge is 0.493 e. The van der Waals surface area contributed by atoms with Crippen LogP contribution >= 0.6 is 0 Å². The smallest absolute Gasteiger partial charge is 0.268 e. The average Bonchev–Trinajstić information content (AvgIpc) is 3.32. The fourth-order valence-corrected chi connectivity index (χ4v) is 2.89. The maximum absolute atomic E-state index is 12.8. The third kappa shape index (κ3) is 3.80. The van der Waals surface area contributed by atoms with Crippen molar-refractivity contribution in [3.8, 4) is 0 Å². The number of allylic oxidation sites excluding steroid dienone is 4. The van der Waals surface area contributed by atoms with Crippen LogP contribution in [-0.4, -0.2) is 49.9 Å². The van der Waals surface area contributed by atoms with Crippen LogP contribution in [-0.2, 0) is 19.1 Å². The van der Waals surface area contributed by atoms with Crippen LogP contribution in [0.5, 0.6) is 0 Å². The van der Waals surface area contributed by atoms with Crippen molar-refractivity contribution >= 4 is 17.5 Å². The number of amides is 2. The lowest BCUT2D eigenvalue weighted by atomic mass is 9.96. The van der Waals surface area contributed by atoms with Crippen molar-refractivity contribution in [2.75, 3.05) is 26.9 Å². The maximum atomic E-state index is 12.8. The van der Waals surface area contributed by atoms with E-state index < -0.39 is 17.4 Å². The van der Waals surface area contributed by atoms with E-state index in [2.05, 4.69) is 10.6 Å². The maximum Gasteiger partial charge on any atom is 0.268 e. The molecule has 5 N–H and O–H groups in total. The molecular weight excluding hydrogens is 336 g/mol. The van der Waals surface area contributed by atoms with Gasteiger partial charge in [0.25, 0.3) is 5.91 Å². The van der Waals surface area contributed by atoms with Gasteiger partial charge in [0.1, 0.15) is 17.0 Å². The summed E-state index contributed by atoms with van der Waals surface area (Å²) in [5.41, 5.74) is 5.01. The van der Waals surface area contributed by atoms with E-state index in [1.54, 1.807) is 25.3 Å². The number of primary amides is 1. The van der Waals surface area contributed by atoms with Crippen LogP contribution in [0.25, 0.3) is 0 Å². The van der Waals surface area contributed by atoms with Gasteiger partial charge in [-0.2, -0.15) is 0 Å². The highest BCUT2D eigenvalue weighted by Crippen LogP contribution is 2.30. The second-order valence-corrected chi connectivity index (χ2v) is 6.79. The van der Waals surface area contributed by atoms with E-state index in [0.717, 1.165) is 0 Å². The molecule has 2 aliphatic carbocycles. The lowest BCUT2D eigenvalue weighted by molar-refractivity contribution is -0.130. The van der Waals surface area contributed by atoms with Crippen molar-refractivity contribution in [3.05, 3.63) is 35.3 Å². The van der Waals surface area contributed by atoms with Gasteiger partial charge in [-0.25, -0.2) is 0 Å². The van der Waals surface area contributed by atoms with Crippen molar-refractivity contribution in [3.63, 3.8) is 0 Å². The van der Waals surface area contributed by atoms with E-state index in [1.165, 1.54) is 12.8 Å². The Balaban J connectivity index is 1.81. The SMILES string of the molecule is CN/C(C(=O)NC1(C(N)=O)CCOC1)=C1/C=C(OCC2CC2)C=CC1=N. The summed E-state index contributed by atoms with van der Waals surface area (Å²) in [7, 11) is 1.59. The number of nitrogens with one attached hydrogen (secondary N) is 3. The van der Waals surface area contributed by atoms with E-state index in [1.807, 2.05) is 0 Å². The lowest BCUT2D eigenvalue weighted by Gasteiger charge is -2.26. The number of rotatable bonds is 7. The van der Waals surface area contributed by atoms with Crippen LogP contribution in [0, 0.1) is 11.3 Å². The zero-order valence-corrected chi connectivity index (χ0v) is 14.8. The molecule has 0 radical (unpaired) electrons. The van der Waals surface area contributed by atoms with Gasteiger partial charge in [0.15, 0.2) is 0 Å². The Bertz CT molecular complexity index is 713. The zero-order chi connectivity index (χ0) is 18.7. The molecule has 8 nitrogen and oxygen atoms in total. The van der Waals surface area contributed by atoms with Gasteiger partial charge < -0.3 is 31.3 Å². The predicted molar refractivity (Wildman–Crippen MR) is 95.2 cm³/mol. The number of likely N-dealkylation sites (N-methyl/N-ethyl adjacent to an activating group) is 1. The molecule has 1 saturated carbocycles. The first kappa shape index (κ1) is 18.2. The van der Waals surface area contributed by atoms with Crippen LogP contribution in [0.1, 0.15) is 19.3 Å².